The highest BCUT2D eigenvalue weighted by molar-refractivity contribution is 6.32. The van der Waals surface area contributed by atoms with Crippen LogP contribution >= 0.6 is 11.6 Å². The van der Waals surface area contributed by atoms with Gasteiger partial charge in [-0.2, -0.15) is 5.26 Å². The van der Waals surface area contributed by atoms with Crippen molar-refractivity contribution in [2.24, 2.45) is 0 Å². The third-order valence-corrected chi connectivity index (χ3v) is 7.77. The summed E-state index contributed by atoms with van der Waals surface area (Å²) >= 11 is 6.27. The smallest absolute Gasteiger partial charge is 0.287 e. The molecule has 5 rings (SSSR count). The number of ether oxygens (including phenoxy) is 1. The molecule has 0 aliphatic heterocycles. The molecule has 0 radical (unpaired) electrons. The second-order valence-corrected chi connectivity index (χ2v) is 10.7. The third-order valence-electron chi connectivity index (χ3n) is 7.48. The number of nitrogens with one attached hydrogen (secondary N) is 2. The molecule has 192 valence electrons. The van der Waals surface area contributed by atoms with E-state index in [9.17, 15) is 19.2 Å². The number of nitriles is 1. The predicted octanol–water partition coefficient (Wildman–Crippen LogP) is 5.70. The molecule has 1 aromatic heterocycles. The van der Waals surface area contributed by atoms with Crippen LogP contribution in [0.4, 0.5) is 4.39 Å². The number of halogens is 2. The normalized spacial score (nSPS) is 24.2. The van der Waals surface area contributed by atoms with Crippen LogP contribution in [0.2, 0.25) is 5.02 Å². The maximum Gasteiger partial charge on any atom is 0.287 e. The zero-order chi connectivity index (χ0) is 26.4. The molecular weight excluding hydrogens is 497 g/mol. The standard InChI is InChI=1S/C28H27ClFN3O4/c1-26(30)7-11-28(12-8-26,25(35)33-27(16-31)9-10-27)32-24(34)23-15-19-4-3-18(14-22(19)37-23)17-5-6-21(36-2)20(29)13-17/h3-6,13-15H,7-12H2,1-2H3,(H,32,34)(H,33,35). The first-order chi connectivity index (χ1) is 17.6. The summed E-state index contributed by atoms with van der Waals surface area (Å²) in [5.41, 5.74) is -1.44. The fourth-order valence-corrected chi connectivity index (χ4v) is 5.04. The molecule has 2 saturated carbocycles. The zero-order valence-electron chi connectivity index (χ0n) is 20.6. The molecule has 9 heteroatoms. The monoisotopic (exact) mass is 523 g/mol. The van der Waals surface area contributed by atoms with E-state index in [0.29, 0.717) is 34.6 Å². The van der Waals surface area contributed by atoms with Crippen molar-refractivity contribution in [1.29, 1.82) is 5.26 Å². The van der Waals surface area contributed by atoms with Gasteiger partial charge in [-0.3, -0.25) is 9.59 Å². The molecule has 7 nitrogen and oxygen atoms in total. The first-order valence-electron chi connectivity index (χ1n) is 12.2. The number of fused-ring (bicyclic) bond motifs is 1. The van der Waals surface area contributed by atoms with Gasteiger partial charge in [0.25, 0.3) is 5.91 Å². The van der Waals surface area contributed by atoms with E-state index in [-0.39, 0.29) is 31.4 Å². The second-order valence-electron chi connectivity index (χ2n) is 10.3. The van der Waals surface area contributed by atoms with E-state index in [1.807, 2.05) is 24.3 Å². The summed E-state index contributed by atoms with van der Waals surface area (Å²) in [7, 11) is 1.55. The topological polar surface area (TPSA) is 104 Å². The lowest BCUT2D eigenvalue weighted by molar-refractivity contribution is -0.130. The largest absolute Gasteiger partial charge is 0.495 e. The number of carbonyl (C=O) groups excluding carboxylic acids is 2. The number of benzene rings is 2. The van der Waals surface area contributed by atoms with Crippen LogP contribution in [0.3, 0.4) is 0 Å². The van der Waals surface area contributed by atoms with E-state index in [4.69, 9.17) is 20.8 Å². The first kappa shape index (κ1) is 25.1. The number of alkyl halides is 1. The molecule has 2 aromatic carbocycles. The Bertz CT molecular complexity index is 1430. The van der Waals surface area contributed by atoms with Gasteiger partial charge in [-0.25, -0.2) is 4.39 Å². The quantitative estimate of drug-likeness (QED) is 0.431. The molecule has 2 aliphatic rings. The van der Waals surface area contributed by atoms with Crippen LogP contribution in [-0.4, -0.2) is 35.7 Å². The lowest BCUT2D eigenvalue weighted by atomic mass is 9.74. The van der Waals surface area contributed by atoms with Gasteiger partial charge in [-0.15, -0.1) is 0 Å². The van der Waals surface area contributed by atoms with E-state index in [2.05, 4.69) is 16.7 Å². The minimum atomic E-state index is -1.42. The molecule has 2 aliphatic carbocycles. The van der Waals surface area contributed by atoms with Crippen molar-refractivity contribution < 1.29 is 23.1 Å². The molecule has 0 spiro atoms. The highest BCUT2D eigenvalue weighted by Crippen LogP contribution is 2.40. The van der Waals surface area contributed by atoms with Gasteiger partial charge in [-0.1, -0.05) is 29.8 Å². The number of methoxy groups -OCH3 is 1. The number of amides is 2. The SMILES string of the molecule is COc1ccc(-c2ccc3cc(C(=O)NC4(C(=O)NC5(C#N)CC5)CCC(C)(F)CC4)oc3c2)cc1Cl. The van der Waals surface area contributed by atoms with Crippen molar-refractivity contribution in [2.75, 3.05) is 7.11 Å². The van der Waals surface area contributed by atoms with Gasteiger partial charge >= 0.3 is 0 Å². The van der Waals surface area contributed by atoms with Gasteiger partial charge in [0, 0.05) is 5.39 Å². The molecule has 0 unspecified atom stereocenters. The van der Waals surface area contributed by atoms with Gasteiger partial charge in [0.05, 0.1) is 18.2 Å². The van der Waals surface area contributed by atoms with Crippen LogP contribution in [0, 0.1) is 11.3 Å². The first-order valence-corrected chi connectivity index (χ1v) is 12.6. The Kier molecular flexibility index (Phi) is 6.15. The van der Waals surface area contributed by atoms with Gasteiger partial charge in [0.1, 0.15) is 28.1 Å². The molecule has 0 atom stereocenters. The van der Waals surface area contributed by atoms with Crippen LogP contribution in [-0.2, 0) is 4.79 Å². The summed E-state index contributed by atoms with van der Waals surface area (Å²) in [5, 5.41) is 16.2. The molecule has 2 amide bonds. The number of rotatable bonds is 6. The molecular formula is C28H27ClFN3O4. The molecule has 2 N–H and O–H groups in total. The van der Waals surface area contributed by atoms with E-state index >= 15 is 0 Å². The summed E-state index contributed by atoms with van der Waals surface area (Å²) in [6.07, 6.45) is 1.61. The van der Waals surface area contributed by atoms with Gasteiger partial charge < -0.3 is 19.8 Å². The number of furan rings is 1. The fourth-order valence-electron chi connectivity index (χ4n) is 4.78. The number of hydrogen-bond donors (Lipinski definition) is 2. The Morgan fingerprint density at radius 3 is 2.32 bits per heavy atom. The Labute approximate surface area is 218 Å². The summed E-state index contributed by atoms with van der Waals surface area (Å²) in [6, 6.07) is 14.7. The predicted molar refractivity (Wildman–Crippen MR) is 137 cm³/mol. The van der Waals surface area contributed by atoms with Crippen molar-refractivity contribution in [3.63, 3.8) is 0 Å². The van der Waals surface area contributed by atoms with Crippen LogP contribution in [0.25, 0.3) is 22.1 Å². The lowest BCUT2D eigenvalue weighted by Gasteiger charge is -2.41. The third kappa shape index (κ3) is 4.88. The average Bonchev–Trinajstić information content (AvgIpc) is 3.52. The highest BCUT2D eigenvalue weighted by Gasteiger charge is 2.52. The molecule has 1 heterocycles. The van der Waals surface area contributed by atoms with E-state index in [0.717, 1.165) is 11.1 Å². The van der Waals surface area contributed by atoms with E-state index < -0.39 is 28.6 Å². The fraction of sp³-hybridized carbons (Fsp3) is 0.393. The molecule has 0 saturated heterocycles. The molecule has 0 bridgehead atoms. The van der Waals surface area contributed by atoms with E-state index in [1.54, 1.807) is 25.3 Å². The van der Waals surface area contributed by atoms with Gasteiger partial charge in [0.15, 0.2) is 5.76 Å². The van der Waals surface area contributed by atoms with Crippen LogP contribution in [0.15, 0.2) is 46.9 Å². The van der Waals surface area contributed by atoms with Crippen molar-refractivity contribution in [1.82, 2.24) is 10.6 Å². The number of carbonyl (C=O) groups is 2. The van der Waals surface area contributed by atoms with Gasteiger partial charge in [-0.05, 0) is 80.8 Å². The van der Waals surface area contributed by atoms with Crippen LogP contribution < -0.4 is 15.4 Å². The maximum absolute atomic E-state index is 14.6. The molecule has 37 heavy (non-hydrogen) atoms. The van der Waals surface area contributed by atoms with Gasteiger partial charge in [0.2, 0.25) is 5.91 Å². The van der Waals surface area contributed by atoms with Crippen molar-refractivity contribution in [2.45, 2.75) is 62.2 Å². The minimum absolute atomic E-state index is 0.0436. The number of hydrogen-bond acceptors (Lipinski definition) is 5. The second kappa shape index (κ2) is 9.07. The summed E-state index contributed by atoms with van der Waals surface area (Å²) in [6.45, 7) is 1.50. The Hall–Kier alpha value is -3.57. The summed E-state index contributed by atoms with van der Waals surface area (Å²) < 4.78 is 25.7. The highest BCUT2D eigenvalue weighted by atomic mass is 35.5. The average molecular weight is 524 g/mol. The zero-order valence-corrected chi connectivity index (χ0v) is 21.4. The molecule has 3 aromatic rings. The Morgan fingerprint density at radius 2 is 1.70 bits per heavy atom. The van der Waals surface area contributed by atoms with Crippen LogP contribution in [0.5, 0.6) is 5.75 Å². The minimum Gasteiger partial charge on any atom is -0.495 e. The summed E-state index contributed by atoms with van der Waals surface area (Å²) in [4.78, 5) is 26.6. The number of nitrogens with zero attached hydrogens (tertiary/aromatic N) is 1. The molecule has 2 fully saturated rings. The van der Waals surface area contributed by atoms with E-state index in [1.165, 1.54) is 6.92 Å². The lowest BCUT2D eigenvalue weighted by Crippen LogP contribution is -2.63. The van der Waals surface area contributed by atoms with Crippen molar-refractivity contribution in [3.8, 4) is 22.9 Å². The maximum atomic E-state index is 14.6. The Balaban J connectivity index is 1.40. The van der Waals surface area contributed by atoms with Crippen LogP contribution in [0.1, 0.15) is 56.0 Å². The Morgan fingerprint density at radius 1 is 1.03 bits per heavy atom. The summed E-state index contributed by atoms with van der Waals surface area (Å²) in [5.74, 6) is -0.406. The van der Waals surface area contributed by atoms with Crippen molar-refractivity contribution >= 4 is 34.4 Å². The van der Waals surface area contributed by atoms with Crippen molar-refractivity contribution in [3.05, 3.63) is 53.2 Å².